The largest absolute Gasteiger partial charge is 0.352 e. The Balaban J connectivity index is 2.16. The maximum Gasteiger partial charge on any atom is 0.224 e. The van der Waals surface area contributed by atoms with Crippen LogP contribution in [0.5, 0.6) is 0 Å². The quantitative estimate of drug-likeness (QED) is 0.881. The normalized spacial score (nSPS) is 10.6. The molecule has 0 unspecified atom stereocenters. The number of halogens is 2. The van der Waals surface area contributed by atoms with Crippen LogP contribution in [0.25, 0.3) is 0 Å². The van der Waals surface area contributed by atoms with Gasteiger partial charge in [-0.15, -0.1) is 0 Å². The molecule has 100 valence electrons. The number of nitrogens with one attached hydrogen (secondary N) is 2. The standard InChI is InChI=1S/C13H14Cl2N4/c1-8(2)17-13-16-6-5-12(19-13)18-9-3-4-10(14)11(15)7-9/h3-8H,1-2H3,(H2,16,17,18,19). The Hall–Kier alpha value is -1.52. The predicted molar refractivity (Wildman–Crippen MR) is 80.5 cm³/mol. The minimum atomic E-state index is 0.278. The van der Waals surface area contributed by atoms with Crippen molar-refractivity contribution in [3.8, 4) is 0 Å². The molecule has 0 aliphatic carbocycles. The Morgan fingerprint density at radius 1 is 1.11 bits per heavy atom. The number of aromatic nitrogens is 2. The molecule has 2 aromatic rings. The topological polar surface area (TPSA) is 49.8 Å². The summed E-state index contributed by atoms with van der Waals surface area (Å²) < 4.78 is 0. The van der Waals surface area contributed by atoms with Gasteiger partial charge in [-0.1, -0.05) is 23.2 Å². The van der Waals surface area contributed by atoms with Gasteiger partial charge in [-0.3, -0.25) is 0 Å². The van der Waals surface area contributed by atoms with Gasteiger partial charge in [0.05, 0.1) is 10.0 Å². The van der Waals surface area contributed by atoms with E-state index in [0.29, 0.717) is 21.8 Å². The van der Waals surface area contributed by atoms with E-state index >= 15 is 0 Å². The molecule has 2 rings (SSSR count). The van der Waals surface area contributed by atoms with Crippen molar-refractivity contribution < 1.29 is 0 Å². The van der Waals surface area contributed by atoms with Crippen LogP contribution < -0.4 is 10.6 Å². The van der Waals surface area contributed by atoms with Gasteiger partial charge >= 0.3 is 0 Å². The predicted octanol–water partition coefficient (Wildman–Crippen LogP) is 4.35. The van der Waals surface area contributed by atoms with Gasteiger partial charge in [-0.05, 0) is 38.1 Å². The molecule has 0 fully saturated rings. The fourth-order valence-electron chi connectivity index (χ4n) is 1.48. The second-order valence-corrected chi connectivity index (χ2v) is 5.13. The molecule has 0 amide bonds. The minimum Gasteiger partial charge on any atom is -0.352 e. The highest BCUT2D eigenvalue weighted by atomic mass is 35.5. The van der Waals surface area contributed by atoms with Crippen LogP contribution in [-0.4, -0.2) is 16.0 Å². The molecule has 1 heterocycles. The van der Waals surface area contributed by atoms with Gasteiger partial charge in [-0.25, -0.2) is 4.98 Å². The van der Waals surface area contributed by atoms with Crippen LogP contribution in [0, 0.1) is 0 Å². The Morgan fingerprint density at radius 3 is 2.58 bits per heavy atom. The maximum absolute atomic E-state index is 5.96. The van der Waals surface area contributed by atoms with E-state index in [4.69, 9.17) is 23.2 Å². The van der Waals surface area contributed by atoms with Gasteiger partial charge in [0.15, 0.2) is 0 Å². The smallest absolute Gasteiger partial charge is 0.224 e. The SMILES string of the molecule is CC(C)Nc1nccc(Nc2ccc(Cl)c(Cl)c2)n1. The second kappa shape index (κ2) is 6.08. The Labute approximate surface area is 122 Å². The van der Waals surface area contributed by atoms with E-state index in [2.05, 4.69) is 20.6 Å². The van der Waals surface area contributed by atoms with E-state index in [1.807, 2.05) is 19.9 Å². The van der Waals surface area contributed by atoms with Gasteiger partial charge < -0.3 is 10.6 Å². The first kappa shape index (κ1) is 13.9. The number of anilines is 3. The maximum atomic E-state index is 5.96. The van der Waals surface area contributed by atoms with E-state index in [9.17, 15) is 0 Å². The number of nitrogens with zero attached hydrogens (tertiary/aromatic N) is 2. The van der Waals surface area contributed by atoms with Crippen LogP contribution in [0.3, 0.4) is 0 Å². The summed E-state index contributed by atoms with van der Waals surface area (Å²) in [5.74, 6) is 1.27. The van der Waals surface area contributed by atoms with Crippen molar-refractivity contribution >= 4 is 40.7 Å². The lowest BCUT2D eigenvalue weighted by Crippen LogP contribution is -2.12. The van der Waals surface area contributed by atoms with Crippen molar-refractivity contribution in [3.05, 3.63) is 40.5 Å². The Bertz CT molecular complexity index is 572. The molecule has 0 spiro atoms. The van der Waals surface area contributed by atoms with E-state index in [-0.39, 0.29) is 6.04 Å². The van der Waals surface area contributed by atoms with Gasteiger partial charge in [0.1, 0.15) is 5.82 Å². The Morgan fingerprint density at radius 2 is 1.89 bits per heavy atom. The third-order valence-corrected chi connectivity index (χ3v) is 3.00. The minimum absolute atomic E-state index is 0.278. The van der Waals surface area contributed by atoms with Gasteiger partial charge in [0.25, 0.3) is 0 Å². The molecule has 19 heavy (non-hydrogen) atoms. The summed E-state index contributed by atoms with van der Waals surface area (Å²) in [4.78, 5) is 8.49. The van der Waals surface area contributed by atoms with Gasteiger partial charge in [0, 0.05) is 17.9 Å². The van der Waals surface area contributed by atoms with Crippen molar-refractivity contribution in [2.24, 2.45) is 0 Å². The van der Waals surface area contributed by atoms with Gasteiger partial charge in [-0.2, -0.15) is 4.98 Å². The molecule has 0 saturated carbocycles. The second-order valence-electron chi connectivity index (χ2n) is 4.32. The van der Waals surface area contributed by atoms with Crippen molar-refractivity contribution in [3.63, 3.8) is 0 Å². The molecule has 0 aliphatic heterocycles. The van der Waals surface area contributed by atoms with E-state index in [1.54, 1.807) is 24.4 Å². The molecule has 0 bridgehead atoms. The van der Waals surface area contributed by atoms with Crippen LogP contribution in [0.1, 0.15) is 13.8 Å². The van der Waals surface area contributed by atoms with Crippen molar-refractivity contribution in [1.29, 1.82) is 0 Å². The summed E-state index contributed by atoms with van der Waals surface area (Å²) in [5, 5.41) is 7.32. The molecule has 2 N–H and O–H groups in total. The van der Waals surface area contributed by atoms with Crippen LogP contribution in [-0.2, 0) is 0 Å². The molecule has 0 saturated heterocycles. The summed E-state index contributed by atoms with van der Waals surface area (Å²) in [7, 11) is 0. The molecular formula is C13H14Cl2N4. The van der Waals surface area contributed by atoms with Crippen molar-refractivity contribution in [1.82, 2.24) is 9.97 Å². The van der Waals surface area contributed by atoms with Gasteiger partial charge in [0.2, 0.25) is 5.95 Å². The number of hydrogen-bond acceptors (Lipinski definition) is 4. The highest BCUT2D eigenvalue weighted by molar-refractivity contribution is 6.42. The zero-order chi connectivity index (χ0) is 13.8. The van der Waals surface area contributed by atoms with E-state index < -0.39 is 0 Å². The summed E-state index contributed by atoms with van der Waals surface area (Å²) in [5.41, 5.74) is 0.823. The van der Waals surface area contributed by atoms with Crippen LogP contribution >= 0.6 is 23.2 Å². The zero-order valence-electron chi connectivity index (χ0n) is 10.6. The first-order chi connectivity index (χ1) is 9.04. The molecule has 0 aliphatic rings. The molecule has 1 aromatic heterocycles. The molecule has 4 nitrogen and oxygen atoms in total. The zero-order valence-corrected chi connectivity index (χ0v) is 12.1. The summed E-state index contributed by atoms with van der Waals surface area (Å²) in [6.45, 7) is 4.06. The molecule has 0 radical (unpaired) electrons. The van der Waals surface area contributed by atoms with E-state index in [0.717, 1.165) is 5.69 Å². The first-order valence-electron chi connectivity index (χ1n) is 5.86. The van der Waals surface area contributed by atoms with Crippen LogP contribution in [0.2, 0.25) is 10.0 Å². The summed E-state index contributed by atoms with van der Waals surface area (Å²) in [6.07, 6.45) is 1.69. The lowest BCUT2D eigenvalue weighted by Gasteiger charge is -2.10. The first-order valence-corrected chi connectivity index (χ1v) is 6.62. The summed E-state index contributed by atoms with van der Waals surface area (Å²) in [6, 6.07) is 7.39. The third kappa shape index (κ3) is 3.98. The van der Waals surface area contributed by atoms with Crippen LogP contribution in [0.4, 0.5) is 17.5 Å². The third-order valence-electron chi connectivity index (χ3n) is 2.27. The fraction of sp³-hybridized carbons (Fsp3) is 0.231. The monoisotopic (exact) mass is 296 g/mol. The molecule has 0 atom stereocenters. The van der Waals surface area contributed by atoms with E-state index in [1.165, 1.54) is 0 Å². The number of benzene rings is 1. The molecule has 1 aromatic carbocycles. The average molecular weight is 297 g/mol. The number of hydrogen-bond donors (Lipinski definition) is 2. The van der Waals surface area contributed by atoms with Crippen molar-refractivity contribution in [2.45, 2.75) is 19.9 Å². The lowest BCUT2D eigenvalue weighted by atomic mass is 10.3. The number of rotatable bonds is 4. The van der Waals surface area contributed by atoms with Crippen LogP contribution in [0.15, 0.2) is 30.5 Å². The molecule has 6 heteroatoms. The fourth-order valence-corrected chi connectivity index (χ4v) is 1.78. The average Bonchev–Trinajstić information content (AvgIpc) is 2.33. The Kier molecular flexibility index (Phi) is 4.45. The highest BCUT2D eigenvalue weighted by Crippen LogP contribution is 2.26. The highest BCUT2D eigenvalue weighted by Gasteiger charge is 2.03. The van der Waals surface area contributed by atoms with Crippen molar-refractivity contribution in [2.75, 3.05) is 10.6 Å². The molecular weight excluding hydrogens is 283 g/mol. The lowest BCUT2D eigenvalue weighted by molar-refractivity contribution is 0.875. The summed E-state index contributed by atoms with van der Waals surface area (Å²) >= 11 is 11.8.